The van der Waals surface area contributed by atoms with E-state index in [1.54, 1.807) is 6.92 Å². The van der Waals surface area contributed by atoms with Gasteiger partial charge >= 0.3 is 11.9 Å². The van der Waals surface area contributed by atoms with E-state index in [4.69, 9.17) is 14.6 Å². The van der Waals surface area contributed by atoms with E-state index in [1.165, 1.54) is 41.2 Å². The van der Waals surface area contributed by atoms with E-state index in [1.807, 2.05) is 0 Å². The number of carbonyl (C=O) groups is 2. The van der Waals surface area contributed by atoms with Gasteiger partial charge in [-0.15, -0.1) is 0 Å². The second-order valence-electron chi connectivity index (χ2n) is 10.5. The van der Waals surface area contributed by atoms with Crippen molar-refractivity contribution in [2.24, 2.45) is 11.8 Å². The van der Waals surface area contributed by atoms with Gasteiger partial charge in [-0.3, -0.25) is 0 Å². The summed E-state index contributed by atoms with van der Waals surface area (Å²) in [4.78, 5) is 24.0. The number of hydrogen-bond donors (Lipinski definition) is 1. The highest BCUT2D eigenvalue weighted by Gasteiger charge is 2.30. The molecular formula is C32H42O5. The largest absolute Gasteiger partial charge is 0.462 e. The second-order valence-corrected chi connectivity index (χ2v) is 10.5. The Morgan fingerprint density at radius 2 is 1.59 bits per heavy atom. The van der Waals surface area contributed by atoms with Gasteiger partial charge in [0.25, 0.3) is 0 Å². The Morgan fingerprint density at radius 1 is 0.946 bits per heavy atom. The molecule has 37 heavy (non-hydrogen) atoms. The van der Waals surface area contributed by atoms with Crippen molar-refractivity contribution in [3.05, 3.63) is 71.8 Å². The van der Waals surface area contributed by atoms with Gasteiger partial charge in [0.05, 0.1) is 25.4 Å². The highest BCUT2D eigenvalue weighted by Crippen LogP contribution is 2.40. The van der Waals surface area contributed by atoms with E-state index in [9.17, 15) is 9.59 Å². The molecule has 0 radical (unpaired) electrons. The first-order chi connectivity index (χ1) is 17.8. The minimum absolute atomic E-state index is 0.0192. The average molecular weight is 507 g/mol. The number of benzene rings is 2. The first-order valence-electron chi connectivity index (χ1n) is 13.6. The summed E-state index contributed by atoms with van der Waals surface area (Å²) in [6.07, 6.45) is 8.90. The van der Waals surface area contributed by atoms with Gasteiger partial charge in [0.15, 0.2) is 0 Å². The minimum Gasteiger partial charge on any atom is -0.462 e. The van der Waals surface area contributed by atoms with Crippen LogP contribution >= 0.6 is 0 Å². The van der Waals surface area contributed by atoms with E-state index in [2.05, 4.69) is 56.5 Å². The van der Waals surface area contributed by atoms with Crippen molar-refractivity contribution in [2.75, 3.05) is 19.8 Å². The maximum atomic E-state index is 12.0. The Balaban J connectivity index is 1.62. The molecule has 3 rings (SSSR count). The molecule has 200 valence electrons. The van der Waals surface area contributed by atoms with Gasteiger partial charge < -0.3 is 14.6 Å². The monoisotopic (exact) mass is 506 g/mol. The summed E-state index contributed by atoms with van der Waals surface area (Å²) >= 11 is 0. The molecule has 5 nitrogen and oxygen atoms in total. The molecule has 0 saturated heterocycles. The summed E-state index contributed by atoms with van der Waals surface area (Å²) in [6.45, 7) is 10.9. The fraction of sp³-hybridized carbons (Fsp3) is 0.500. The Bertz CT molecular complexity index is 1090. The summed E-state index contributed by atoms with van der Waals surface area (Å²) in [5.41, 5.74) is 3.15. The molecule has 1 N–H and O–H groups in total. The van der Waals surface area contributed by atoms with Gasteiger partial charge in [0.2, 0.25) is 0 Å². The van der Waals surface area contributed by atoms with Crippen molar-refractivity contribution in [2.45, 2.75) is 71.1 Å². The standard InChI is InChI=1S/C32H42O5/c1-5-6-7-8-24-9-10-29-18-28(16-15-27(29)17-24)25-11-13-26(14-12-25)30(20-36-31(34)22(2)3)21-37-32(35)23(4)19-33/h9-10,15-18,25-26,30,33H,2,4-8,11-14,19-21H2,1,3H3. The highest BCUT2D eigenvalue weighted by atomic mass is 16.5. The average Bonchev–Trinajstić information content (AvgIpc) is 2.92. The number of aryl methyl sites for hydroxylation is 1. The number of unbranched alkanes of at least 4 members (excludes halogenated alkanes) is 2. The van der Waals surface area contributed by atoms with Crippen LogP contribution in [0.2, 0.25) is 0 Å². The molecule has 1 fully saturated rings. The lowest BCUT2D eigenvalue weighted by molar-refractivity contribution is -0.146. The van der Waals surface area contributed by atoms with E-state index in [0.717, 1.165) is 32.1 Å². The molecular weight excluding hydrogens is 464 g/mol. The summed E-state index contributed by atoms with van der Waals surface area (Å²) < 4.78 is 10.8. The third kappa shape index (κ3) is 8.29. The van der Waals surface area contributed by atoms with Crippen molar-refractivity contribution in [1.29, 1.82) is 0 Å². The topological polar surface area (TPSA) is 72.8 Å². The zero-order chi connectivity index (χ0) is 26.8. The Labute approximate surface area is 221 Å². The minimum atomic E-state index is -0.614. The summed E-state index contributed by atoms with van der Waals surface area (Å²) in [7, 11) is 0. The Morgan fingerprint density at radius 3 is 2.24 bits per heavy atom. The van der Waals surface area contributed by atoms with Crippen molar-refractivity contribution in [3.8, 4) is 0 Å². The molecule has 1 aliphatic rings. The van der Waals surface area contributed by atoms with Gasteiger partial charge in [-0.2, -0.15) is 0 Å². The molecule has 1 aliphatic carbocycles. The fourth-order valence-electron chi connectivity index (χ4n) is 5.20. The molecule has 1 atom stereocenters. The number of rotatable bonds is 13. The van der Waals surface area contributed by atoms with E-state index < -0.39 is 18.5 Å². The van der Waals surface area contributed by atoms with Gasteiger partial charge in [0, 0.05) is 11.5 Å². The van der Waals surface area contributed by atoms with Crippen LogP contribution in [0.4, 0.5) is 0 Å². The molecule has 0 amide bonds. The van der Waals surface area contributed by atoms with Gasteiger partial charge in [0.1, 0.15) is 0 Å². The Kier molecular flexibility index (Phi) is 10.9. The molecule has 0 aromatic heterocycles. The van der Waals surface area contributed by atoms with Crippen molar-refractivity contribution in [3.63, 3.8) is 0 Å². The van der Waals surface area contributed by atoms with Crippen LogP contribution in [-0.2, 0) is 25.5 Å². The smallest absolute Gasteiger partial charge is 0.335 e. The van der Waals surface area contributed by atoms with Gasteiger partial charge in [-0.25, -0.2) is 9.59 Å². The second kappa shape index (κ2) is 14.1. The molecule has 1 unspecified atom stereocenters. The highest BCUT2D eigenvalue weighted by molar-refractivity contribution is 5.88. The molecule has 0 spiro atoms. The number of aliphatic hydroxyl groups is 1. The van der Waals surface area contributed by atoms with Crippen LogP contribution in [0, 0.1) is 11.8 Å². The van der Waals surface area contributed by atoms with Crippen LogP contribution in [0.1, 0.15) is 75.8 Å². The van der Waals surface area contributed by atoms with Crippen LogP contribution in [-0.4, -0.2) is 36.9 Å². The number of ether oxygens (including phenoxy) is 2. The lowest BCUT2D eigenvalue weighted by Crippen LogP contribution is -2.30. The zero-order valence-corrected chi connectivity index (χ0v) is 22.5. The molecule has 2 aromatic rings. The van der Waals surface area contributed by atoms with Crippen LogP contribution in [0.3, 0.4) is 0 Å². The van der Waals surface area contributed by atoms with E-state index >= 15 is 0 Å². The van der Waals surface area contributed by atoms with Gasteiger partial charge in [-0.1, -0.05) is 69.3 Å². The van der Waals surface area contributed by atoms with Crippen molar-refractivity contribution >= 4 is 22.7 Å². The predicted molar refractivity (Wildman–Crippen MR) is 148 cm³/mol. The number of aliphatic hydroxyl groups excluding tert-OH is 1. The lowest BCUT2D eigenvalue weighted by atomic mass is 9.74. The first kappa shape index (κ1) is 28.6. The summed E-state index contributed by atoms with van der Waals surface area (Å²) in [5.74, 6) is -0.398. The predicted octanol–water partition coefficient (Wildman–Crippen LogP) is 6.67. The maximum Gasteiger partial charge on any atom is 0.335 e. The first-order valence-corrected chi connectivity index (χ1v) is 13.6. The van der Waals surface area contributed by atoms with Crippen LogP contribution in [0.25, 0.3) is 10.8 Å². The van der Waals surface area contributed by atoms with Crippen LogP contribution < -0.4 is 0 Å². The molecule has 1 saturated carbocycles. The van der Waals surface area contributed by atoms with Gasteiger partial charge in [-0.05, 0) is 79.2 Å². The van der Waals surface area contributed by atoms with Crippen LogP contribution in [0.15, 0.2) is 60.7 Å². The van der Waals surface area contributed by atoms with E-state index in [0.29, 0.717) is 11.5 Å². The number of hydrogen-bond acceptors (Lipinski definition) is 5. The third-order valence-electron chi connectivity index (χ3n) is 7.59. The zero-order valence-electron chi connectivity index (χ0n) is 22.5. The molecule has 0 aliphatic heterocycles. The SMILES string of the molecule is C=C(C)C(=O)OCC(COC(=O)C(=C)CO)C1CCC(c2ccc3cc(CCCCC)ccc3c2)CC1. The third-order valence-corrected chi connectivity index (χ3v) is 7.59. The Hall–Kier alpha value is -2.92. The van der Waals surface area contributed by atoms with Crippen molar-refractivity contribution < 1.29 is 24.2 Å². The summed E-state index contributed by atoms with van der Waals surface area (Å²) in [6, 6.07) is 13.7. The molecule has 0 heterocycles. The summed E-state index contributed by atoms with van der Waals surface area (Å²) in [5, 5.41) is 11.7. The van der Waals surface area contributed by atoms with E-state index in [-0.39, 0.29) is 30.6 Å². The number of esters is 2. The molecule has 0 bridgehead atoms. The number of fused-ring (bicyclic) bond motifs is 1. The maximum absolute atomic E-state index is 12.0. The lowest BCUT2D eigenvalue weighted by Gasteiger charge is -2.33. The fourth-order valence-corrected chi connectivity index (χ4v) is 5.20. The van der Waals surface area contributed by atoms with Crippen molar-refractivity contribution in [1.82, 2.24) is 0 Å². The molecule has 2 aromatic carbocycles. The molecule has 5 heteroatoms. The normalized spacial score (nSPS) is 18.2. The van der Waals surface area contributed by atoms with Crippen LogP contribution in [0.5, 0.6) is 0 Å². The quantitative estimate of drug-likeness (QED) is 0.186. The number of carbonyl (C=O) groups excluding carboxylic acids is 2.